The Morgan fingerprint density at radius 3 is 1.66 bits per heavy atom. The summed E-state index contributed by atoms with van der Waals surface area (Å²) in [5, 5.41) is 14.8. The molecular formula is C49H50N8O5S2. The maximum absolute atomic E-state index is 13.9. The second-order valence-corrected chi connectivity index (χ2v) is 19.0. The second kappa shape index (κ2) is 18.4. The van der Waals surface area contributed by atoms with Crippen LogP contribution in [0, 0.1) is 5.92 Å². The molecule has 0 aliphatic carbocycles. The van der Waals surface area contributed by atoms with Crippen LogP contribution in [0.3, 0.4) is 0 Å². The van der Waals surface area contributed by atoms with Crippen LogP contribution in [-0.4, -0.2) is 84.2 Å². The van der Waals surface area contributed by atoms with E-state index in [1.165, 1.54) is 26.1 Å². The lowest BCUT2D eigenvalue weighted by atomic mass is 10.0. The Hall–Kier alpha value is -6.42. The third kappa shape index (κ3) is 8.75. The minimum atomic E-state index is -0.756. The predicted molar refractivity (Wildman–Crippen MR) is 250 cm³/mol. The minimum absolute atomic E-state index is 0.130. The van der Waals surface area contributed by atoms with E-state index in [-0.39, 0.29) is 35.7 Å². The molecule has 2 aliphatic rings. The number of thiophene rings is 2. The lowest BCUT2D eigenvalue weighted by Crippen LogP contribution is -2.51. The summed E-state index contributed by atoms with van der Waals surface area (Å²) in [7, 11) is 0. The Labute approximate surface area is 379 Å². The number of aromatic amines is 2. The molecule has 2 aliphatic heterocycles. The third-order valence-electron chi connectivity index (χ3n) is 12.2. The van der Waals surface area contributed by atoms with E-state index in [2.05, 4.69) is 86.2 Å². The van der Waals surface area contributed by atoms with Gasteiger partial charge in [0.1, 0.15) is 30.3 Å². The highest BCUT2D eigenvalue weighted by Crippen LogP contribution is 2.43. The van der Waals surface area contributed by atoms with Crippen LogP contribution in [0.25, 0.3) is 52.8 Å². The third-order valence-corrected chi connectivity index (χ3v) is 14.6. The molecule has 3 aromatic carbocycles. The van der Waals surface area contributed by atoms with E-state index in [9.17, 15) is 24.3 Å². The number of aromatic nitrogens is 4. The van der Waals surface area contributed by atoms with Crippen molar-refractivity contribution in [3.8, 4) is 43.4 Å². The van der Waals surface area contributed by atoms with Crippen LogP contribution < -0.4 is 10.6 Å². The fourth-order valence-electron chi connectivity index (χ4n) is 8.90. The summed E-state index contributed by atoms with van der Waals surface area (Å²) in [5.41, 5.74) is 6.78. The molecule has 13 nitrogen and oxygen atoms in total. The molecule has 0 bridgehead atoms. The van der Waals surface area contributed by atoms with Gasteiger partial charge >= 0.3 is 0 Å². The van der Waals surface area contributed by atoms with E-state index in [0.29, 0.717) is 13.1 Å². The first-order valence-corrected chi connectivity index (χ1v) is 23.4. The average Bonchev–Trinajstić information content (AvgIpc) is 4.17. The highest BCUT2D eigenvalue weighted by atomic mass is 32.1. The number of imidazole rings is 2. The molecule has 7 aromatic rings. The van der Waals surface area contributed by atoms with Gasteiger partial charge in [0.15, 0.2) is 0 Å². The fraction of sp³-hybridized carbons (Fsp3) is 0.306. The highest BCUT2D eigenvalue weighted by Gasteiger charge is 2.38. The summed E-state index contributed by atoms with van der Waals surface area (Å²) >= 11 is 3.54. The smallest absolute Gasteiger partial charge is 0.250 e. The molecule has 5 N–H and O–H groups in total. The van der Waals surface area contributed by atoms with Crippen molar-refractivity contribution < 1.29 is 24.3 Å². The maximum Gasteiger partial charge on any atom is 0.250 e. The second-order valence-electron chi connectivity index (χ2n) is 16.8. The zero-order valence-electron chi connectivity index (χ0n) is 35.8. The van der Waals surface area contributed by atoms with E-state index < -0.39 is 24.6 Å². The van der Waals surface area contributed by atoms with Crippen molar-refractivity contribution in [3.63, 3.8) is 0 Å². The van der Waals surface area contributed by atoms with Gasteiger partial charge in [-0.05, 0) is 71.6 Å². The molecule has 2 fully saturated rings. The van der Waals surface area contributed by atoms with Crippen molar-refractivity contribution in [2.45, 2.75) is 70.6 Å². The van der Waals surface area contributed by atoms with E-state index in [1.807, 2.05) is 61.5 Å². The lowest BCUT2D eigenvalue weighted by Gasteiger charge is -2.30. The van der Waals surface area contributed by atoms with E-state index in [0.717, 1.165) is 76.5 Å². The van der Waals surface area contributed by atoms with Crippen molar-refractivity contribution in [1.29, 1.82) is 0 Å². The molecule has 6 heterocycles. The number of amides is 4. The van der Waals surface area contributed by atoms with Gasteiger partial charge in [-0.15, -0.1) is 22.7 Å². The predicted octanol–water partition coefficient (Wildman–Crippen LogP) is 8.41. The van der Waals surface area contributed by atoms with Gasteiger partial charge in [0.25, 0.3) is 0 Å². The van der Waals surface area contributed by atoms with Crippen LogP contribution in [0.2, 0.25) is 0 Å². The number of rotatable bonds is 13. The number of H-pyrrole nitrogens is 2. The molecule has 4 atom stereocenters. The van der Waals surface area contributed by atoms with Gasteiger partial charge in [0, 0.05) is 39.2 Å². The van der Waals surface area contributed by atoms with Crippen molar-refractivity contribution in [2.24, 2.45) is 5.92 Å². The van der Waals surface area contributed by atoms with Gasteiger partial charge in [0.2, 0.25) is 23.6 Å². The molecule has 0 spiro atoms. The SMILES string of the molecule is CC(=O)N[C@@H](C(=O)N1CCCC1c1ncc(-c2ccc(-c3cc4sc(-c5ccc(-c6cnc([C@@H]7CCCN7C(=O)[C@@H](NC(=O)CO)C(C)C)[nH]6)cc5)cc4s3)cc2)[nH]1)c1ccccc1. The van der Waals surface area contributed by atoms with Crippen LogP contribution >= 0.6 is 22.7 Å². The van der Waals surface area contributed by atoms with Gasteiger partial charge in [0.05, 0.1) is 35.9 Å². The van der Waals surface area contributed by atoms with Crippen LogP contribution in [0.5, 0.6) is 0 Å². The monoisotopic (exact) mass is 894 g/mol. The Kier molecular flexibility index (Phi) is 12.3. The summed E-state index contributed by atoms with van der Waals surface area (Å²) in [6.07, 6.45) is 6.90. The largest absolute Gasteiger partial charge is 0.387 e. The fourth-order valence-corrected chi connectivity index (χ4v) is 11.3. The average molecular weight is 895 g/mol. The molecule has 2 saturated heterocycles. The first-order valence-electron chi connectivity index (χ1n) is 21.7. The van der Waals surface area contributed by atoms with E-state index >= 15 is 0 Å². The number of likely N-dealkylation sites (tertiary alicyclic amines) is 2. The number of carbonyl (C=O) groups is 4. The number of nitrogens with one attached hydrogen (secondary N) is 4. The number of nitrogens with zero attached hydrogens (tertiary/aromatic N) is 4. The number of hydrogen-bond acceptors (Lipinski definition) is 9. The summed E-state index contributed by atoms with van der Waals surface area (Å²) < 4.78 is 2.46. The highest BCUT2D eigenvalue weighted by molar-refractivity contribution is 7.31. The molecule has 328 valence electrons. The number of hydrogen-bond donors (Lipinski definition) is 5. The number of aliphatic hydroxyl groups excluding tert-OH is 1. The summed E-state index contributed by atoms with van der Waals surface area (Å²) in [5.74, 6) is 0.218. The van der Waals surface area contributed by atoms with Crippen LogP contribution in [0.15, 0.2) is 103 Å². The van der Waals surface area contributed by atoms with E-state index in [1.54, 1.807) is 27.6 Å². The van der Waals surface area contributed by atoms with Crippen LogP contribution in [0.4, 0.5) is 0 Å². The van der Waals surface area contributed by atoms with Crippen molar-refractivity contribution in [1.82, 2.24) is 40.4 Å². The molecule has 15 heteroatoms. The molecule has 0 saturated carbocycles. The van der Waals surface area contributed by atoms with Gasteiger partial charge in [-0.3, -0.25) is 19.2 Å². The standard InChI is InChI=1S/C49H50N8O5S2/c1-28(2)44(55-43(60)27-58)48(61)56-21-7-11-37(56)46-50-25-35(53-46)30-13-17-32(18-14-30)39-23-41-42(63-39)24-40(64-41)33-19-15-31(16-20-33)36-26-51-47(54-36)38-12-8-22-57(38)49(62)45(52-29(3)59)34-9-5-4-6-10-34/h4-6,9-10,13-20,23-26,28,37-38,44-45,58H,7-8,11-12,21-22,27H2,1-3H3,(H,50,53)(H,51,54)(H,52,59)(H,55,60)/t37-,38?,44-,45+/m0/s1. The summed E-state index contributed by atoms with van der Waals surface area (Å²) in [6, 6.07) is 28.9. The summed E-state index contributed by atoms with van der Waals surface area (Å²) in [6.45, 7) is 5.72. The number of aliphatic hydroxyl groups is 1. The first kappa shape index (κ1) is 42.9. The molecular weight excluding hydrogens is 845 g/mol. The molecule has 4 aromatic heterocycles. The molecule has 9 rings (SSSR count). The van der Waals surface area contributed by atoms with Crippen LogP contribution in [-0.2, 0) is 19.2 Å². The molecule has 0 radical (unpaired) electrons. The molecule has 64 heavy (non-hydrogen) atoms. The Morgan fingerprint density at radius 2 is 1.19 bits per heavy atom. The number of fused-ring (bicyclic) bond motifs is 1. The summed E-state index contributed by atoms with van der Waals surface area (Å²) in [4.78, 5) is 73.9. The van der Waals surface area contributed by atoms with Crippen molar-refractivity contribution in [3.05, 3.63) is 121 Å². The zero-order chi connectivity index (χ0) is 44.5. The topological polar surface area (TPSA) is 176 Å². The lowest BCUT2D eigenvalue weighted by molar-refractivity contribution is -0.139. The normalized spacial score (nSPS) is 17.3. The van der Waals surface area contributed by atoms with Crippen molar-refractivity contribution >= 4 is 55.7 Å². The van der Waals surface area contributed by atoms with Gasteiger partial charge < -0.3 is 35.5 Å². The molecule has 1 unspecified atom stereocenters. The number of benzene rings is 3. The van der Waals surface area contributed by atoms with Crippen molar-refractivity contribution in [2.75, 3.05) is 19.7 Å². The number of carbonyl (C=O) groups excluding carboxylic acids is 4. The quantitative estimate of drug-likeness (QED) is 0.0772. The Balaban J connectivity index is 0.844. The first-order chi connectivity index (χ1) is 31.0. The zero-order valence-corrected chi connectivity index (χ0v) is 37.5. The Bertz CT molecular complexity index is 2760. The van der Waals surface area contributed by atoms with Gasteiger partial charge in [-0.2, -0.15) is 0 Å². The molecule has 4 amide bonds. The van der Waals surface area contributed by atoms with Crippen LogP contribution in [0.1, 0.15) is 81.8 Å². The van der Waals surface area contributed by atoms with E-state index in [4.69, 9.17) is 4.98 Å². The van der Waals surface area contributed by atoms with Gasteiger partial charge in [-0.1, -0.05) is 92.7 Å². The minimum Gasteiger partial charge on any atom is -0.387 e. The maximum atomic E-state index is 13.9. The van der Waals surface area contributed by atoms with Gasteiger partial charge in [-0.25, -0.2) is 9.97 Å². The Morgan fingerprint density at radius 1 is 0.703 bits per heavy atom.